The Labute approximate surface area is 123 Å². The van der Waals surface area contributed by atoms with Crippen LogP contribution in [0.4, 0.5) is 0 Å². The summed E-state index contributed by atoms with van der Waals surface area (Å²) in [4.78, 5) is 1.44. The molecule has 2 aromatic carbocycles. The lowest BCUT2D eigenvalue weighted by atomic mass is 10.1. The van der Waals surface area contributed by atoms with E-state index in [9.17, 15) is 0 Å². The van der Waals surface area contributed by atoms with Crippen molar-refractivity contribution < 1.29 is 9.47 Å². The van der Waals surface area contributed by atoms with E-state index in [1.54, 1.807) is 7.11 Å². The number of fused-ring (bicyclic) bond motifs is 1. The summed E-state index contributed by atoms with van der Waals surface area (Å²) in [6.45, 7) is 1.26. The highest BCUT2D eigenvalue weighted by molar-refractivity contribution is 7.97. The zero-order chi connectivity index (χ0) is 13.8. The van der Waals surface area contributed by atoms with Gasteiger partial charge in [0.2, 0.25) is 4.90 Å². The summed E-state index contributed by atoms with van der Waals surface area (Å²) in [5, 5.41) is 2.69. The second-order valence-corrected chi connectivity index (χ2v) is 7.27. The summed E-state index contributed by atoms with van der Waals surface area (Å²) in [7, 11) is 2.06. The molecule has 3 heteroatoms. The van der Waals surface area contributed by atoms with Crippen molar-refractivity contribution in [3.63, 3.8) is 0 Å². The van der Waals surface area contributed by atoms with Crippen molar-refractivity contribution in [1.29, 1.82) is 0 Å². The van der Waals surface area contributed by atoms with E-state index in [2.05, 4.69) is 36.4 Å². The number of methoxy groups -OCH3 is 1. The van der Waals surface area contributed by atoms with E-state index in [0.717, 1.165) is 5.75 Å². The molecule has 1 heterocycles. The van der Waals surface area contributed by atoms with Crippen molar-refractivity contribution in [3.05, 3.63) is 36.4 Å². The fourth-order valence-electron chi connectivity index (χ4n) is 2.73. The molecule has 0 saturated carbocycles. The molecule has 0 radical (unpaired) electrons. The van der Waals surface area contributed by atoms with Gasteiger partial charge in [-0.25, -0.2) is 0 Å². The Morgan fingerprint density at radius 2 is 1.80 bits per heavy atom. The van der Waals surface area contributed by atoms with Crippen molar-refractivity contribution in [2.45, 2.75) is 17.7 Å². The molecule has 0 bridgehead atoms. The average molecular weight is 289 g/mol. The number of rotatable bonds is 5. The van der Waals surface area contributed by atoms with Crippen LogP contribution in [0.25, 0.3) is 10.8 Å². The van der Waals surface area contributed by atoms with Crippen molar-refractivity contribution in [2.75, 3.05) is 31.8 Å². The standard InChI is InChI=1S/C17H21O2S/c1-18-10-11-19-16-9-8-14-6-2-3-7-15(14)17(16)20-12-4-5-13-20/h2-3,6-9H,4-5,10-13H2,1H3/q+1. The van der Waals surface area contributed by atoms with Gasteiger partial charge in [-0.15, -0.1) is 0 Å². The molecule has 3 rings (SSSR count). The van der Waals surface area contributed by atoms with Gasteiger partial charge >= 0.3 is 0 Å². The van der Waals surface area contributed by atoms with Gasteiger partial charge < -0.3 is 9.47 Å². The minimum absolute atomic E-state index is 0.352. The normalized spacial score (nSPS) is 15.8. The van der Waals surface area contributed by atoms with Gasteiger partial charge in [0.25, 0.3) is 0 Å². The molecule has 0 atom stereocenters. The summed E-state index contributed by atoms with van der Waals surface area (Å²) in [6, 6.07) is 13.0. The predicted molar refractivity (Wildman–Crippen MR) is 85.9 cm³/mol. The highest BCUT2D eigenvalue weighted by atomic mass is 32.2. The van der Waals surface area contributed by atoms with Crippen LogP contribution in [-0.2, 0) is 15.6 Å². The van der Waals surface area contributed by atoms with E-state index in [1.807, 2.05) is 0 Å². The van der Waals surface area contributed by atoms with E-state index in [4.69, 9.17) is 9.47 Å². The van der Waals surface area contributed by atoms with E-state index >= 15 is 0 Å². The Kier molecular flexibility index (Phi) is 4.48. The molecule has 1 saturated heterocycles. The molecular weight excluding hydrogens is 268 g/mol. The highest BCUT2D eigenvalue weighted by Gasteiger charge is 2.32. The number of ether oxygens (including phenoxy) is 2. The lowest BCUT2D eigenvalue weighted by Gasteiger charge is -2.12. The van der Waals surface area contributed by atoms with Crippen molar-refractivity contribution in [3.8, 4) is 5.75 Å². The van der Waals surface area contributed by atoms with Crippen molar-refractivity contribution >= 4 is 21.7 Å². The molecular formula is C17H21O2S+. The molecule has 20 heavy (non-hydrogen) atoms. The summed E-state index contributed by atoms with van der Waals surface area (Å²) >= 11 is 0. The molecule has 1 aliphatic rings. The Morgan fingerprint density at radius 3 is 2.60 bits per heavy atom. The zero-order valence-corrected chi connectivity index (χ0v) is 12.7. The zero-order valence-electron chi connectivity index (χ0n) is 11.9. The topological polar surface area (TPSA) is 18.5 Å². The van der Waals surface area contributed by atoms with Gasteiger partial charge in [0, 0.05) is 23.4 Å². The molecule has 1 fully saturated rings. The van der Waals surface area contributed by atoms with Crippen LogP contribution >= 0.6 is 0 Å². The molecule has 0 aliphatic carbocycles. The number of hydrogen-bond acceptors (Lipinski definition) is 2. The molecule has 2 nitrogen and oxygen atoms in total. The van der Waals surface area contributed by atoms with Gasteiger partial charge in [0.15, 0.2) is 5.75 Å². The maximum absolute atomic E-state index is 5.98. The quantitative estimate of drug-likeness (QED) is 0.618. The largest absolute Gasteiger partial charge is 0.486 e. The van der Waals surface area contributed by atoms with E-state index in [1.165, 1.54) is 40.0 Å². The molecule has 2 aromatic rings. The van der Waals surface area contributed by atoms with Crippen LogP contribution in [-0.4, -0.2) is 31.8 Å². The maximum atomic E-state index is 5.98. The molecule has 0 unspecified atom stereocenters. The molecule has 0 N–H and O–H groups in total. The third kappa shape index (κ3) is 2.79. The van der Waals surface area contributed by atoms with Crippen LogP contribution in [0.5, 0.6) is 5.75 Å². The Balaban J connectivity index is 2.01. The summed E-state index contributed by atoms with van der Waals surface area (Å²) in [5.74, 6) is 3.69. The summed E-state index contributed by atoms with van der Waals surface area (Å²) in [6.07, 6.45) is 2.70. The van der Waals surface area contributed by atoms with Crippen molar-refractivity contribution in [1.82, 2.24) is 0 Å². The second-order valence-electron chi connectivity index (χ2n) is 5.06. The van der Waals surface area contributed by atoms with Gasteiger partial charge in [0.1, 0.15) is 18.1 Å². The molecule has 0 amide bonds. The SMILES string of the molecule is COCCOc1ccc2ccccc2c1[S+]1CCCC1. The van der Waals surface area contributed by atoms with Crippen molar-refractivity contribution in [2.24, 2.45) is 0 Å². The third-order valence-electron chi connectivity index (χ3n) is 3.71. The van der Waals surface area contributed by atoms with Crippen LogP contribution in [0.3, 0.4) is 0 Å². The number of benzene rings is 2. The van der Waals surface area contributed by atoms with Gasteiger partial charge in [-0.2, -0.15) is 0 Å². The second kappa shape index (κ2) is 6.51. The van der Waals surface area contributed by atoms with Gasteiger partial charge in [0.05, 0.1) is 6.61 Å². The fraction of sp³-hybridized carbons (Fsp3) is 0.412. The van der Waals surface area contributed by atoms with Crippen LogP contribution in [0.1, 0.15) is 12.8 Å². The first kappa shape index (κ1) is 13.8. The monoisotopic (exact) mass is 289 g/mol. The van der Waals surface area contributed by atoms with Crippen LogP contribution in [0.2, 0.25) is 0 Å². The molecule has 1 aliphatic heterocycles. The summed E-state index contributed by atoms with van der Waals surface area (Å²) < 4.78 is 11.1. The number of hydrogen-bond donors (Lipinski definition) is 0. The van der Waals surface area contributed by atoms with E-state index in [0.29, 0.717) is 24.1 Å². The van der Waals surface area contributed by atoms with Gasteiger partial charge in [-0.3, -0.25) is 0 Å². The van der Waals surface area contributed by atoms with Crippen LogP contribution < -0.4 is 4.74 Å². The average Bonchev–Trinajstić information content (AvgIpc) is 3.01. The van der Waals surface area contributed by atoms with Crippen LogP contribution in [0.15, 0.2) is 41.3 Å². The lowest BCUT2D eigenvalue weighted by Crippen LogP contribution is -2.10. The Bertz CT molecular complexity index is 576. The lowest BCUT2D eigenvalue weighted by molar-refractivity contribution is 0.145. The Hall–Kier alpha value is -1.19. The minimum atomic E-state index is 0.352. The molecule has 0 spiro atoms. The smallest absolute Gasteiger partial charge is 0.204 e. The highest BCUT2D eigenvalue weighted by Crippen LogP contribution is 2.36. The molecule has 106 valence electrons. The first-order valence-corrected chi connectivity index (χ1v) is 8.77. The maximum Gasteiger partial charge on any atom is 0.204 e. The van der Waals surface area contributed by atoms with Gasteiger partial charge in [-0.05, 0) is 30.4 Å². The van der Waals surface area contributed by atoms with Crippen LogP contribution in [0, 0.1) is 0 Å². The fourth-order valence-corrected chi connectivity index (χ4v) is 5.35. The van der Waals surface area contributed by atoms with Gasteiger partial charge in [-0.1, -0.05) is 24.3 Å². The first-order valence-electron chi connectivity index (χ1n) is 7.21. The predicted octanol–water partition coefficient (Wildman–Crippen LogP) is 3.64. The Morgan fingerprint density at radius 1 is 1.00 bits per heavy atom. The summed E-state index contributed by atoms with van der Waals surface area (Å²) in [5.41, 5.74) is 0. The minimum Gasteiger partial charge on any atom is -0.486 e. The third-order valence-corrected chi connectivity index (χ3v) is 6.27. The van der Waals surface area contributed by atoms with E-state index in [-0.39, 0.29) is 0 Å². The first-order chi connectivity index (χ1) is 9.90. The molecule has 0 aromatic heterocycles. The van der Waals surface area contributed by atoms with E-state index < -0.39 is 0 Å².